The molecule has 1 saturated heterocycles. The fourth-order valence-electron chi connectivity index (χ4n) is 3.22. The minimum atomic E-state index is -0.0565. The lowest BCUT2D eigenvalue weighted by Gasteiger charge is -2.26. The highest BCUT2D eigenvalue weighted by atomic mass is 16.1. The summed E-state index contributed by atoms with van der Waals surface area (Å²) in [5, 5.41) is 8.27. The van der Waals surface area contributed by atoms with E-state index in [0.29, 0.717) is 17.3 Å². The van der Waals surface area contributed by atoms with Crippen molar-refractivity contribution in [2.75, 3.05) is 13.1 Å². The van der Waals surface area contributed by atoms with Crippen LogP contribution >= 0.6 is 0 Å². The number of nitrogens with one attached hydrogen (secondary N) is 2. The third-order valence-electron chi connectivity index (χ3n) is 4.57. The van der Waals surface area contributed by atoms with Crippen LogP contribution < -0.4 is 10.9 Å². The van der Waals surface area contributed by atoms with Crippen molar-refractivity contribution in [3.8, 4) is 0 Å². The molecule has 0 bridgehead atoms. The number of H-pyrrole nitrogens is 1. The van der Waals surface area contributed by atoms with Crippen LogP contribution in [0, 0.1) is 0 Å². The Kier molecular flexibility index (Phi) is 2.84. The van der Waals surface area contributed by atoms with Gasteiger partial charge in [-0.05, 0) is 12.8 Å². The topological polar surface area (TPSA) is 75.6 Å². The van der Waals surface area contributed by atoms with Gasteiger partial charge in [-0.15, -0.1) is 0 Å². The Morgan fingerprint density at radius 3 is 2.70 bits per heavy atom. The average Bonchev–Trinajstić information content (AvgIpc) is 2.82. The maximum atomic E-state index is 12.2. The number of hydrogen-bond donors (Lipinski definition) is 2. The quantitative estimate of drug-likeness (QED) is 0.865. The fourth-order valence-corrected chi connectivity index (χ4v) is 3.22. The predicted molar refractivity (Wildman–Crippen MR) is 75.9 cm³/mol. The smallest absolute Gasteiger partial charge is 0.262 e. The molecule has 1 saturated carbocycles. The van der Waals surface area contributed by atoms with E-state index in [2.05, 4.69) is 15.4 Å². The lowest BCUT2D eigenvalue weighted by molar-refractivity contribution is 0.335. The molecule has 1 aliphatic heterocycles. The van der Waals surface area contributed by atoms with Crippen LogP contribution in [0.25, 0.3) is 11.0 Å². The highest BCUT2D eigenvalue weighted by Gasteiger charge is 2.24. The molecule has 20 heavy (non-hydrogen) atoms. The van der Waals surface area contributed by atoms with Crippen LogP contribution in [0.2, 0.25) is 0 Å². The summed E-state index contributed by atoms with van der Waals surface area (Å²) in [4.78, 5) is 19.8. The molecule has 2 fully saturated rings. The Hall–Kier alpha value is -1.69. The molecule has 6 nitrogen and oxygen atoms in total. The van der Waals surface area contributed by atoms with E-state index in [1.54, 1.807) is 6.20 Å². The molecule has 2 aliphatic rings. The zero-order valence-electron chi connectivity index (χ0n) is 11.4. The van der Waals surface area contributed by atoms with Gasteiger partial charge in [0.2, 0.25) is 0 Å². The third kappa shape index (κ3) is 1.86. The van der Waals surface area contributed by atoms with Crippen molar-refractivity contribution in [3.63, 3.8) is 0 Å². The molecule has 1 aliphatic carbocycles. The molecule has 0 aromatic carbocycles. The Bertz CT molecular complexity index is 678. The average molecular weight is 273 g/mol. The lowest BCUT2D eigenvalue weighted by Crippen LogP contribution is -2.41. The molecular weight excluding hydrogens is 254 g/mol. The molecule has 3 heterocycles. The Morgan fingerprint density at radius 2 is 2.00 bits per heavy atom. The van der Waals surface area contributed by atoms with Crippen molar-refractivity contribution in [3.05, 3.63) is 22.4 Å². The number of nitrogens with zero attached hydrogens (tertiary/aromatic N) is 3. The van der Waals surface area contributed by atoms with Crippen molar-refractivity contribution in [2.24, 2.45) is 0 Å². The molecule has 0 radical (unpaired) electrons. The first kappa shape index (κ1) is 12.1. The summed E-state index contributed by atoms with van der Waals surface area (Å²) < 4.78 is 1.99. The second kappa shape index (κ2) is 4.70. The summed E-state index contributed by atoms with van der Waals surface area (Å²) in [6.45, 7) is 1.79. The van der Waals surface area contributed by atoms with E-state index in [-0.39, 0.29) is 5.56 Å². The minimum Gasteiger partial charge on any atom is -0.315 e. The highest BCUT2D eigenvalue weighted by molar-refractivity contribution is 5.73. The summed E-state index contributed by atoms with van der Waals surface area (Å²) in [6, 6.07) is 0.405. The molecule has 0 unspecified atom stereocenters. The first-order valence-corrected chi connectivity index (χ1v) is 7.51. The molecule has 106 valence electrons. The third-order valence-corrected chi connectivity index (χ3v) is 4.57. The number of fused-ring (bicyclic) bond motifs is 1. The first-order valence-electron chi connectivity index (χ1n) is 7.51. The van der Waals surface area contributed by atoms with Crippen molar-refractivity contribution in [1.29, 1.82) is 0 Å². The van der Waals surface area contributed by atoms with E-state index in [4.69, 9.17) is 4.98 Å². The lowest BCUT2D eigenvalue weighted by atomic mass is 9.96. The van der Waals surface area contributed by atoms with Crippen LogP contribution in [0.3, 0.4) is 0 Å². The van der Waals surface area contributed by atoms with E-state index in [1.807, 2.05) is 4.68 Å². The summed E-state index contributed by atoms with van der Waals surface area (Å²) >= 11 is 0. The molecule has 0 atom stereocenters. The van der Waals surface area contributed by atoms with Gasteiger partial charge in [0.25, 0.3) is 5.56 Å². The van der Waals surface area contributed by atoms with E-state index in [1.165, 1.54) is 19.3 Å². The predicted octanol–water partition coefficient (Wildman–Crippen LogP) is 1.31. The summed E-state index contributed by atoms with van der Waals surface area (Å²) in [6.07, 6.45) is 7.75. The van der Waals surface area contributed by atoms with Crippen molar-refractivity contribution in [2.45, 2.75) is 44.1 Å². The molecule has 2 N–H and O–H groups in total. The van der Waals surface area contributed by atoms with Crippen LogP contribution in [0.15, 0.2) is 11.0 Å². The standard InChI is InChI=1S/C14H19N5O/c20-14-11-8-16-19(10-4-2-1-3-5-10)13(11)17-12(18-14)9-6-15-7-9/h8-10,15H,1-7H2,(H,17,18,20). The van der Waals surface area contributed by atoms with Gasteiger partial charge in [0, 0.05) is 19.0 Å². The Morgan fingerprint density at radius 1 is 1.20 bits per heavy atom. The Balaban J connectivity index is 1.80. The molecule has 0 amide bonds. The normalized spacial score (nSPS) is 21.2. The van der Waals surface area contributed by atoms with E-state index < -0.39 is 0 Å². The van der Waals surface area contributed by atoms with Crippen LogP contribution in [0.4, 0.5) is 0 Å². The number of aromatic nitrogens is 4. The van der Waals surface area contributed by atoms with Gasteiger partial charge in [-0.2, -0.15) is 5.10 Å². The Labute approximate surface area is 116 Å². The maximum Gasteiger partial charge on any atom is 0.262 e. The summed E-state index contributed by atoms with van der Waals surface area (Å²) in [7, 11) is 0. The zero-order chi connectivity index (χ0) is 13.5. The monoisotopic (exact) mass is 273 g/mol. The molecule has 6 heteroatoms. The molecule has 2 aromatic heterocycles. The second-order valence-electron chi connectivity index (χ2n) is 5.92. The number of hydrogen-bond acceptors (Lipinski definition) is 4. The van der Waals surface area contributed by atoms with E-state index in [0.717, 1.165) is 37.4 Å². The molecule has 0 spiro atoms. The van der Waals surface area contributed by atoms with Gasteiger partial charge in [-0.3, -0.25) is 4.79 Å². The van der Waals surface area contributed by atoms with Gasteiger partial charge >= 0.3 is 0 Å². The number of rotatable bonds is 2. The van der Waals surface area contributed by atoms with Crippen molar-refractivity contribution >= 4 is 11.0 Å². The van der Waals surface area contributed by atoms with Crippen LogP contribution in [-0.4, -0.2) is 32.8 Å². The van der Waals surface area contributed by atoms with Gasteiger partial charge in [-0.1, -0.05) is 19.3 Å². The van der Waals surface area contributed by atoms with Crippen LogP contribution in [-0.2, 0) is 0 Å². The van der Waals surface area contributed by atoms with E-state index in [9.17, 15) is 4.79 Å². The summed E-state index contributed by atoms with van der Waals surface area (Å²) in [5.41, 5.74) is 0.710. The van der Waals surface area contributed by atoms with Gasteiger partial charge < -0.3 is 10.3 Å². The van der Waals surface area contributed by atoms with Gasteiger partial charge in [0.15, 0.2) is 5.65 Å². The maximum absolute atomic E-state index is 12.2. The SMILES string of the molecule is O=c1[nH]c(C2CNC2)nc2c1cnn2C1CCCCC1. The van der Waals surface area contributed by atoms with Crippen LogP contribution in [0.1, 0.15) is 49.9 Å². The highest BCUT2D eigenvalue weighted by Crippen LogP contribution is 2.29. The zero-order valence-corrected chi connectivity index (χ0v) is 11.4. The van der Waals surface area contributed by atoms with Gasteiger partial charge in [-0.25, -0.2) is 9.67 Å². The first-order chi connectivity index (χ1) is 9.83. The minimum absolute atomic E-state index is 0.0565. The molecule has 4 rings (SSSR count). The van der Waals surface area contributed by atoms with Crippen molar-refractivity contribution in [1.82, 2.24) is 25.1 Å². The summed E-state index contributed by atoms with van der Waals surface area (Å²) in [5.74, 6) is 1.14. The number of aromatic amines is 1. The van der Waals surface area contributed by atoms with Gasteiger partial charge in [0.1, 0.15) is 11.2 Å². The largest absolute Gasteiger partial charge is 0.315 e. The van der Waals surface area contributed by atoms with Crippen molar-refractivity contribution < 1.29 is 0 Å². The van der Waals surface area contributed by atoms with Crippen LogP contribution in [0.5, 0.6) is 0 Å². The van der Waals surface area contributed by atoms with E-state index >= 15 is 0 Å². The molecule has 2 aromatic rings. The second-order valence-corrected chi connectivity index (χ2v) is 5.92. The molecular formula is C14H19N5O. The fraction of sp³-hybridized carbons (Fsp3) is 0.643. The van der Waals surface area contributed by atoms with Gasteiger partial charge in [0.05, 0.1) is 12.2 Å².